The molecule has 0 aromatic heterocycles. The normalized spacial score (nSPS) is 10.0. The number of aryl methyl sites for hydroxylation is 1. The topological polar surface area (TPSA) is 29.5 Å². The summed E-state index contributed by atoms with van der Waals surface area (Å²) < 4.78 is 5.36. The number of ether oxygens (including phenoxy) is 1. The van der Waals surface area contributed by atoms with E-state index in [2.05, 4.69) is 0 Å². The zero-order valence-corrected chi connectivity index (χ0v) is 8.34. The van der Waals surface area contributed by atoms with Gasteiger partial charge in [0, 0.05) is 11.9 Å². The second-order valence-corrected chi connectivity index (χ2v) is 3.27. The molecule has 72 valence electrons. The minimum absolute atomic E-state index is 0.237. The van der Waals surface area contributed by atoms with Gasteiger partial charge in [-0.05, 0) is 31.0 Å². The van der Waals surface area contributed by atoms with Gasteiger partial charge in [0.05, 0.1) is 6.61 Å². The van der Waals surface area contributed by atoms with E-state index in [0.717, 1.165) is 12.0 Å². The van der Waals surface area contributed by atoms with Crippen LogP contribution in [-0.4, -0.2) is 17.6 Å². The zero-order chi connectivity index (χ0) is 9.68. The Morgan fingerprint density at radius 2 is 2.15 bits per heavy atom. The van der Waals surface area contributed by atoms with Crippen LogP contribution < -0.4 is 4.74 Å². The maximum absolute atomic E-state index is 9.24. The predicted molar refractivity (Wildman–Crippen MR) is 53.7 cm³/mol. The van der Waals surface area contributed by atoms with Crippen molar-refractivity contribution < 1.29 is 9.84 Å². The van der Waals surface area contributed by atoms with Crippen LogP contribution >= 0.6 is 11.6 Å². The van der Waals surface area contributed by atoms with Gasteiger partial charge in [0.25, 0.3) is 0 Å². The first-order chi connectivity index (χ1) is 6.22. The standard InChI is InChI=1S/C10H13ClO2/c1-8-5-9(12)7-10(6-8)13-4-2-3-11/h5-7,12H,2-4H2,1H3. The summed E-state index contributed by atoms with van der Waals surface area (Å²) in [4.78, 5) is 0. The van der Waals surface area contributed by atoms with E-state index in [1.165, 1.54) is 0 Å². The highest BCUT2D eigenvalue weighted by Crippen LogP contribution is 2.21. The third-order valence-electron chi connectivity index (χ3n) is 1.58. The van der Waals surface area contributed by atoms with Crippen molar-refractivity contribution in [3.8, 4) is 11.5 Å². The van der Waals surface area contributed by atoms with Crippen LogP contribution in [-0.2, 0) is 0 Å². The van der Waals surface area contributed by atoms with Gasteiger partial charge in [0.2, 0.25) is 0 Å². The number of aromatic hydroxyl groups is 1. The van der Waals surface area contributed by atoms with Crippen molar-refractivity contribution in [1.82, 2.24) is 0 Å². The van der Waals surface area contributed by atoms with Gasteiger partial charge in [-0.2, -0.15) is 0 Å². The van der Waals surface area contributed by atoms with E-state index in [1.807, 2.05) is 13.0 Å². The fourth-order valence-corrected chi connectivity index (χ4v) is 1.17. The summed E-state index contributed by atoms with van der Waals surface area (Å²) in [6, 6.07) is 5.17. The minimum atomic E-state index is 0.237. The zero-order valence-electron chi connectivity index (χ0n) is 7.59. The lowest BCUT2D eigenvalue weighted by Gasteiger charge is -2.06. The molecule has 0 spiro atoms. The van der Waals surface area contributed by atoms with Crippen molar-refractivity contribution in [1.29, 1.82) is 0 Å². The molecule has 0 amide bonds. The van der Waals surface area contributed by atoms with Crippen LogP contribution in [0.1, 0.15) is 12.0 Å². The largest absolute Gasteiger partial charge is 0.508 e. The molecule has 0 atom stereocenters. The van der Waals surface area contributed by atoms with Crippen molar-refractivity contribution in [2.45, 2.75) is 13.3 Å². The van der Waals surface area contributed by atoms with Crippen LogP contribution in [0.5, 0.6) is 11.5 Å². The van der Waals surface area contributed by atoms with Gasteiger partial charge < -0.3 is 9.84 Å². The Hall–Kier alpha value is -0.890. The summed E-state index contributed by atoms with van der Waals surface area (Å²) in [6.07, 6.45) is 0.816. The fourth-order valence-electron chi connectivity index (χ4n) is 1.06. The maximum Gasteiger partial charge on any atom is 0.123 e. The molecule has 1 rings (SSSR count). The lowest BCUT2D eigenvalue weighted by atomic mass is 10.2. The Bertz CT molecular complexity index is 253. The van der Waals surface area contributed by atoms with Crippen molar-refractivity contribution in [2.75, 3.05) is 12.5 Å². The summed E-state index contributed by atoms with van der Waals surface area (Å²) in [6.45, 7) is 2.50. The first-order valence-electron chi connectivity index (χ1n) is 4.22. The molecule has 3 heteroatoms. The number of alkyl halides is 1. The number of halogens is 1. The monoisotopic (exact) mass is 200 g/mol. The lowest BCUT2D eigenvalue weighted by molar-refractivity contribution is 0.316. The van der Waals surface area contributed by atoms with E-state index in [1.54, 1.807) is 12.1 Å². The molecular formula is C10H13ClO2. The van der Waals surface area contributed by atoms with E-state index >= 15 is 0 Å². The van der Waals surface area contributed by atoms with Gasteiger partial charge in [-0.25, -0.2) is 0 Å². The third kappa shape index (κ3) is 3.55. The van der Waals surface area contributed by atoms with Crippen LogP contribution in [0.4, 0.5) is 0 Å². The second kappa shape index (κ2) is 4.97. The van der Waals surface area contributed by atoms with Gasteiger partial charge in [-0.3, -0.25) is 0 Å². The van der Waals surface area contributed by atoms with Crippen LogP contribution in [0.3, 0.4) is 0 Å². The summed E-state index contributed by atoms with van der Waals surface area (Å²) in [7, 11) is 0. The van der Waals surface area contributed by atoms with Crippen LogP contribution in [0, 0.1) is 6.92 Å². The van der Waals surface area contributed by atoms with Gasteiger partial charge in [0.15, 0.2) is 0 Å². The first-order valence-corrected chi connectivity index (χ1v) is 4.75. The van der Waals surface area contributed by atoms with Crippen molar-refractivity contribution in [3.63, 3.8) is 0 Å². The molecule has 0 aliphatic carbocycles. The van der Waals surface area contributed by atoms with Crippen LogP contribution in [0.2, 0.25) is 0 Å². The van der Waals surface area contributed by atoms with E-state index in [0.29, 0.717) is 18.2 Å². The number of phenols is 1. The molecular weight excluding hydrogens is 188 g/mol. The highest BCUT2D eigenvalue weighted by molar-refractivity contribution is 6.17. The van der Waals surface area contributed by atoms with Crippen molar-refractivity contribution >= 4 is 11.6 Å². The number of hydrogen-bond acceptors (Lipinski definition) is 2. The molecule has 13 heavy (non-hydrogen) atoms. The summed E-state index contributed by atoms with van der Waals surface area (Å²) in [5.41, 5.74) is 0.987. The van der Waals surface area contributed by atoms with Crippen LogP contribution in [0.25, 0.3) is 0 Å². The second-order valence-electron chi connectivity index (χ2n) is 2.90. The molecule has 1 N–H and O–H groups in total. The molecule has 0 heterocycles. The Morgan fingerprint density at radius 3 is 2.77 bits per heavy atom. The number of rotatable bonds is 4. The maximum atomic E-state index is 9.24. The summed E-state index contributed by atoms with van der Waals surface area (Å²) >= 11 is 5.50. The van der Waals surface area contributed by atoms with Gasteiger partial charge in [-0.15, -0.1) is 11.6 Å². The predicted octanol–water partition coefficient (Wildman–Crippen LogP) is 2.71. The SMILES string of the molecule is Cc1cc(O)cc(OCCCCl)c1. The fraction of sp³-hybridized carbons (Fsp3) is 0.400. The molecule has 0 aliphatic rings. The molecule has 0 aliphatic heterocycles. The minimum Gasteiger partial charge on any atom is -0.508 e. The van der Waals surface area contributed by atoms with Crippen molar-refractivity contribution in [2.24, 2.45) is 0 Å². The smallest absolute Gasteiger partial charge is 0.123 e. The first kappa shape index (κ1) is 10.2. The van der Waals surface area contributed by atoms with Gasteiger partial charge in [-0.1, -0.05) is 0 Å². The number of phenolic OH excluding ortho intramolecular Hbond substituents is 1. The van der Waals surface area contributed by atoms with E-state index in [9.17, 15) is 5.11 Å². The molecule has 0 bridgehead atoms. The van der Waals surface area contributed by atoms with Crippen molar-refractivity contribution in [3.05, 3.63) is 23.8 Å². The van der Waals surface area contributed by atoms with Gasteiger partial charge in [0.1, 0.15) is 11.5 Å². The molecule has 0 unspecified atom stereocenters. The van der Waals surface area contributed by atoms with E-state index < -0.39 is 0 Å². The molecule has 0 saturated carbocycles. The average molecular weight is 201 g/mol. The van der Waals surface area contributed by atoms with E-state index in [4.69, 9.17) is 16.3 Å². The summed E-state index contributed by atoms with van der Waals surface area (Å²) in [5, 5.41) is 9.24. The third-order valence-corrected chi connectivity index (χ3v) is 1.85. The number of benzene rings is 1. The Morgan fingerprint density at radius 1 is 1.38 bits per heavy atom. The molecule has 2 nitrogen and oxygen atoms in total. The quantitative estimate of drug-likeness (QED) is 0.598. The molecule has 1 aromatic carbocycles. The molecule has 0 radical (unpaired) electrons. The highest BCUT2D eigenvalue weighted by atomic mass is 35.5. The Labute approximate surface area is 83.1 Å². The highest BCUT2D eigenvalue weighted by Gasteiger charge is 1.97. The molecule has 0 saturated heterocycles. The average Bonchev–Trinajstić information content (AvgIpc) is 2.03. The Balaban J connectivity index is 2.56. The summed E-state index contributed by atoms with van der Waals surface area (Å²) in [5.74, 6) is 1.53. The Kier molecular flexibility index (Phi) is 3.90. The van der Waals surface area contributed by atoms with Gasteiger partial charge >= 0.3 is 0 Å². The van der Waals surface area contributed by atoms with E-state index in [-0.39, 0.29) is 5.75 Å². The molecule has 1 aromatic rings. The lowest BCUT2D eigenvalue weighted by Crippen LogP contribution is -1.97. The molecule has 0 fully saturated rings. The number of hydrogen-bond donors (Lipinski definition) is 1. The van der Waals surface area contributed by atoms with Crippen LogP contribution in [0.15, 0.2) is 18.2 Å².